The third-order valence-electron chi connectivity index (χ3n) is 5.17. The topological polar surface area (TPSA) is 45.5 Å². The van der Waals surface area contributed by atoms with Crippen molar-refractivity contribution in [2.75, 3.05) is 29.6 Å². The largest absolute Gasteiger partial charge is 0.356 e. The monoisotopic (exact) mass is 411 g/mol. The molecule has 0 unspecified atom stereocenters. The van der Waals surface area contributed by atoms with Gasteiger partial charge in [0.1, 0.15) is 11.6 Å². The van der Waals surface area contributed by atoms with Crippen molar-refractivity contribution >= 4 is 34.7 Å². The fraction of sp³-hybridized carbons (Fsp3) is 0.478. The smallest absolute Gasteiger partial charge is 0.159 e. The maximum Gasteiger partial charge on any atom is 0.159 e. The van der Waals surface area contributed by atoms with E-state index in [0.29, 0.717) is 5.92 Å². The molecule has 156 valence electrons. The van der Waals surface area contributed by atoms with Crippen LogP contribution in [0.2, 0.25) is 0 Å². The highest BCUT2D eigenvalue weighted by molar-refractivity contribution is 7.98. The van der Waals surface area contributed by atoms with Gasteiger partial charge in [-0.3, -0.25) is 0 Å². The molecule has 29 heavy (non-hydrogen) atoms. The summed E-state index contributed by atoms with van der Waals surface area (Å²) in [5.74, 6) is 2.55. The van der Waals surface area contributed by atoms with E-state index < -0.39 is 0 Å². The lowest BCUT2D eigenvalue weighted by atomic mass is 10.0. The minimum atomic E-state index is 0.515. The Labute approximate surface area is 178 Å². The molecule has 0 fully saturated rings. The molecule has 0 aliphatic rings. The summed E-state index contributed by atoms with van der Waals surface area (Å²) in [6.45, 7) is 13.1. The molecule has 0 saturated heterocycles. The lowest BCUT2D eigenvalue weighted by Crippen LogP contribution is -2.28. The number of nitrogens with one attached hydrogen (secondary N) is 1. The first kappa shape index (κ1) is 21.5. The first-order chi connectivity index (χ1) is 14.0. The van der Waals surface area contributed by atoms with Gasteiger partial charge in [-0.05, 0) is 49.6 Å². The minimum absolute atomic E-state index is 0.515. The Morgan fingerprint density at radius 1 is 1.14 bits per heavy atom. The van der Waals surface area contributed by atoms with Crippen molar-refractivity contribution in [3.8, 4) is 0 Å². The van der Waals surface area contributed by atoms with Crippen LogP contribution in [-0.4, -0.2) is 33.9 Å². The molecule has 0 atom stereocenters. The van der Waals surface area contributed by atoms with Gasteiger partial charge in [0.2, 0.25) is 0 Å². The molecule has 3 rings (SSSR count). The van der Waals surface area contributed by atoms with Crippen molar-refractivity contribution in [1.82, 2.24) is 14.6 Å². The lowest BCUT2D eigenvalue weighted by Gasteiger charge is -2.27. The lowest BCUT2D eigenvalue weighted by molar-refractivity contribution is 0.712. The van der Waals surface area contributed by atoms with Gasteiger partial charge in [-0.25, -0.2) is 4.98 Å². The number of hydrogen-bond donors (Lipinski definition) is 1. The fourth-order valence-corrected chi connectivity index (χ4v) is 4.25. The number of fused-ring (bicyclic) bond motifs is 1. The molecule has 2 aromatic heterocycles. The van der Waals surface area contributed by atoms with E-state index in [1.807, 2.05) is 16.8 Å². The van der Waals surface area contributed by atoms with E-state index in [1.165, 1.54) is 10.5 Å². The molecule has 3 aromatic rings. The average molecular weight is 412 g/mol. The molecule has 0 amide bonds. The van der Waals surface area contributed by atoms with E-state index in [-0.39, 0.29) is 0 Å². The molecule has 2 heterocycles. The molecular weight excluding hydrogens is 378 g/mol. The fourth-order valence-electron chi connectivity index (χ4n) is 3.66. The molecule has 1 aromatic carbocycles. The van der Waals surface area contributed by atoms with E-state index >= 15 is 0 Å². The average Bonchev–Trinajstić information content (AvgIpc) is 3.16. The van der Waals surface area contributed by atoms with Crippen LogP contribution in [0.15, 0.2) is 35.4 Å². The third kappa shape index (κ3) is 4.53. The highest BCUT2D eigenvalue weighted by atomic mass is 32.2. The van der Waals surface area contributed by atoms with Gasteiger partial charge in [0.15, 0.2) is 5.65 Å². The molecule has 1 N–H and O–H groups in total. The molecule has 0 spiro atoms. The van der Waals surface area contributed by atoms with Gasteiger partial charge in [0, 0.05) is 29.6 Å². The summed E-state index contributed by atoms with van der Waals surface area (Å²) in [4.78, 5) is 8.55. The van der Waals surface area contributed by atoms with Gasteiger partial charge in [-0.2, -0.15) is 9.61 Å². The van der Waals surface area contributed by atoms with Crippen LogP contribution in [0.5, 0.6) is 0 Å². The summed E-state index contributed by atoms with van der Waals surface area (Å²) in [6, 6.07) is 8.65. The Morgan fingerprint density at radius 2 is 1.86 bits per heavy atom. The zero-order valence-corrected chi connectivity index (χ0v) is 19.3. The van der Waals surface area contributed by atoms with Gasteiger partial charge in [-0.15, -0.1) is 11.8 Å². The van der Waals surface area contributed by atoms with E-state index in [1.54, 1.807) is 11.8 Å². The Morgan fingerprint density at radius 3 is 2.48 bits per heavy atom. The summed E-state index contributed by atoms with van der Waals surface area (Å²) in [7, 11) is 0. The van der Waals surface area contributed by atoms with E-state index in [9.17, 15) is 0 Å². The second-order valence-corrected chi connectivity index (χ2v) is 8.58. The van der Waals surface area contributed by atoms with Gasteiger partial charge in [0.25, 0.3) is 0 Å². The van der Waals surface area contributed by atoms with Gasteiger partial charge < -0.3 is 10.2 Å². The number of nitrogens with zero attached hydrogens (tertiary/aromatic N) is 4. The number of hydrogen-bond acceptors (Lipinski definition) is 5. The van der Waals surface area contributed by atoms with Gasteiger partial charge in [-0.1, -0.05) is 33.8 Å². The summed E-state index contributed by atoms with van der Waals surface area (Å²) < 4.78 is 1.98. The zero-order chi connectivity index (χ0) is 21.0. The molecule has 0 radical (unpaired) electrons. The minimum Gasteiger partial charge on any atom is -0.356 e. The number of rotatable bonds is 9. The van der Waals surface area contributed by atoms with Crippen LogP contribution in [0.25, 0.3) is 5.65 Å². The van der Waals surface area contributed by atoms with Crippen molar-refractivity contribution in [2.24, 2.45) is 0 Å². The highest BCUT2D eigenvalue weighted by Gasteiger charge is 2.18. The first-order valence-corrected chi connectivity index (χ1v) is 11.8. The van der Waals surface area contributed by atoms with Gasteiger partial charge in [0.05, 0.1) is 11.9 Å². The Kier molecular flexibility index (Phi) is 7.06. The maximum absolute atomic E-state index is 4.88. The first-order valence-electron chi connectivity index (χ1n) is 10.5. The van der Waals surface area contributed by atoms with Crippen LogP contribution in [0, 0.1) is 6.92 Å². The molecular formula is C23H33N5S. The number of thioether (sulfide) groups is 1. The van der Waals surface area contributed by atoms with Crippen molar-refractivity contribution in [2.45, 2.75) is 58.3 Å². The Balaban J connectivity index is 2.08. The molecule has 0 bridgehead atoms. The molecule has 0 aliphatic carbocycles. The highest BCUT2D eigenvalue weighted by Crippen LogP contribution is 2.34. The Bertz CT molecular complexity index is 957. The van der Waals surface area contributed by atoms with Crippen LogP contribution >= 0.6 is 11.8 Å². The van der Waals surface area contributed by atoms with Crippen LogP contribution in [-0.2, 0) is 0 Å². The zero-order valence-electron chi connectivity index (χ0n) is 18.5. The summed E-state index contributed by atoms with van der Waals surface area (Å²) in [6.07, 6.45) is 6.15. The molecule has 5 nitrogen and oxygen atoms in total. The molecule has 0 saturated carbocycles. The molecule has 6 heteroatoms. The van der Waals surface area contributed by atoms with E-state index in [4.69, 9.17) is 4.98 Å². The summed E-state index contributed by atoms with van der Waals surface area (Å²) >= 11 is 1.77. The predicted molar refractivity (Wildman–Crippen MR) is 126 cm³/mol. The summed E-state index contributed by atoms with van der Waals surface area (Å²) in [5.41, 5.74) is 4.45. The number of aromatic nitrogens is 3. The SMILES string of the molecule is CCCN(CCC)c1c(C)c(Nc2ccc(C(C)C)cc2SC)nc2ccnn12. The Hall–Kier alpha value is -2.21. The maximum atomic E-state index is 4.88. The van der Waals surface area contributed by atoms with E-state index in [0.717, 1.165) is 54.5 Å². The normalized spacial score (nSPS) is 11.4. The van der Waals surface area contributed by atoms with E-state index in [2.05, 4.69) is 74.4 Å². The van der Waals surface area contributed by atoms with Crippen molar-refractivity contribution in [1.29, 1.82) is 0 Å². The predicted octanol–water partition coefficient (Wildman–Crippen LogP) is 6.25. The third-order valence-corrected chi connectivity index (χ3v) is 5.95. The quantitative estimate of drug-likeness (QED) is 0.421. The number of benzene rings is 1. The standard InChI is InChI=1S/C23H33N5S/c1-7-13-27(14-8-2)23-17(5)22(26-21-11-12-24-28(21)23)25-19-10-9-18(16(3)4)15-20(19)29-6/h9-12,15-16H,7-8,13-14H2,1-6H3,(H,25,26). The van der Waals surface area contributed by atoms with Gasteiger partial charge >= 0.3 is 0 Å². The second-order valence-electron chi connectivity index (χ2n) is 7.74. The number of anilines is 3. The van der Waals surface area contributed by atoms with Crippen LogP contribution < -0.4 is 10.2 Å². The van der Waals surface area contributed by atoms with Crippen LogP contribution in [0.4, 0.5) is 17.3 Å². The molecule has 0 aliphatic heterocycles. The second kappa shape index (κ2) is 9.53. The van der Waals surface area contributed by atoms with Crippen molar-refractivity contribution in [3.05, 3.63) is 41.6 Å². The van der Waals surface area contributed by atoms with Crippen LogP contribution in [0.1, 0.15) is 57.6 Å². The van der Waals surface area contributed by atoms with Crippen molar-refractivity contribution in [3.63, 3.8) is 0 Å². The van der Waals surface area contributed by atoms with Crippen molar-refractivity contribution < 1.29 is 0 Å². The van der Waals surface area contributed by atoms with Crippen LogP contribution in [0.3, 0.4) is 0 Å². The summed E-state index contributed by atoms with van der Waals surface area (Å²) in [5, 5.41) is 8.18.